The van der Waals surface area contributed by atoms with Crippen molar-refractivity contribution in [2.24, 2.45) is 5.92 Å². The lowest BCUT2D eigenvalue weighted by Crippen LogP contribution is -1.96. The maximum absolute atomic E-state index is 13.7. The van der Waals surface area contributed by atoms with Crippen molar-refractivity contribution in [1.82, 2.24) is 9.97 Å². The predicted octanol–water partition coefficient (Wildman–Crippen LogP) is 3.31. The van der Waals surface area contributed by atoms with Crippen molar-refractivity contribution in [1.29, 1.82) is 0 Å². The Kier molecular flexibility index (Phi) is 2.42. The fraction of sp³-hybridized carbons (Fsp3) is 0.308. The lowest BCUT2D eigenvalue weighted by molar-refractivity contribution is 0.588. The molecule has 17 heavy (non-hydrogen) atoms. The van der Waals surface area contributed by atoms with Crippen LogP contribution in [0.4, 0.5) is 8.78 Å². The second kappa shape index (κ2) is 3.95. The quantitative estimate of drug-likeness (QED) is 0.867. The summed E-state index contributed by atoms with van der Waals surface area (Å²) in [5, 5.41) is 0. The Balaban J connectivity index is 2.05. The molecule has 1 aliphatic rings. The van der Waals surface area contributed by atoms with Crippen LogP contribution < -0.4 is 0 Å². The third kappa shape index (κ3) is 1.95. The molecule has 1 heterocycles. The highest BCUT2D eigenvalue weighted by molar-refractivity contribution is 5.63. The third-order valence-electron chi connectivity index (χ3n) is 3.11. The summed E-state index contributed by atoms with van der Waals surface area (Å²) in [7, 11) is 0. The molecule has 2 nitrogen and oxygen atoms in total. The van der Waals surface area contributed by atoms with Crippen molar-refractivity contribution in [2.75, 3.05) is 0 Å². The van der Waals surface area contributed by atoms with Gasteiger partial charge in [0.1, 0.15) is 11.6 Å². The summed E-state index contributed by atoms with van der Waals surface area (Å²) in [6.07, 6.45) is 4.67. The number of hydrogen-bond acceptors (Lipinski definition) is 1. The largest absolute Gasteiger partial charge is 0.344 e. The Hall–Kier alpha value is -1.71. The molecule has 0 amide bonds. The first-order valence-electron chi connectivity index (χ1n) is 5.72. The predicted molar refractivity (Wildman–Crippen MR) is 60.4 cm³/mol. The second-order valence-corrected chi connectivity index (χ2v) is 4.47. The third-order valence-corrected chi connectivity index (χ3v) is 3.11. The number of aromatic amines is 1. The van der Waals surface area contributed by atoms with Crippen molar-refractivity contribution < 1.29 is 8.78 Å². The summed E-state index contributed by atoms with van der Waals surface area (Å²) in [5.74, 6) is -0.468. The number of nitrogens with zero attached hydrogens (tertiary/aromatic N) is 1. The Labute approximate surface area is 97.7 Å². The van der Waals surface area contributed by atoms with E-state index in [-0.39, 0.29) is 5.56 Å². The van der Waals surface area contributed by atoms with Gasteiger partial charge in [-0.15, -0.1) is 0 Å². The molecule has 1 aliphatic carbocycles. The normalized spacial score (nSPS) is 15.2. The standard InChI is InChI=1S/C13H12F2N2/c14-9-2-1-3-10(15)12(9)13-11(16-7-17-13)6-8-4-5-8/h1-3,7-8H,4-6H2,(H,16,17). The van der Waals surface area contributed by atoms with Gasteiger partial charge in [-0.2, -0.15) is 0 Å². The lowest BCUT2D eigenvalue weighted by atomic mass is 10.1. The maximum Gasteiger partial charge on any atom is 0.135 e. The number of nitrogens with one attached hydrogen (secondary N) is 1. The van der Waals surface area contributed by atoms with Gasteiger partial charge in [-0.3, -0.25) is 0 Å². The second-order valence-electron chi connectivity index (χ2n) is 4.47. The molecule has 1 saturated carbocycles. The average molecular weight is 234 g/mol. The first-order valence-corrected chi connectivity index (χ1v) is 5.72. The number of imidazole rings is 1. The smallest absolute Gasteiger partial charge is 0.135 e. The van der Waals surface area contributed by atoms with E-state index in [0.717, 1.165) is 12.1 Å². The highest BCUT2D eigenvalue weighted by atomic mass is 19.1. The molecule has 88 valence electrons. The van der Waals surface area contributed by atoms with Crippen molar-refractivity contribution >= 4 is 0 Å². The molecule has 0 radical (unpaired) electrons. The number of halogens is 2. The molecule has 1 fully saturated rings. The van der Waals surface area contributed by atoms with Crippen LogP contribution in [0, 0.1) is 17.6 Å². The molecule has 0 spiro atoms. The lowest BCUT2D eigenvalue weighted by Gasteiger charge is -2.05. The molecule has 2 aromatic rings. The highest BCUT2D eigenvalue weighted by Crippen LogP contribution is 2.35. The Morgan fingerprint density at radius 3 is 2.59 bits per heavy atom. The van der Waals surface area contributed by atoms with Crippen molar-refractivity contribution in [2.45, 2.75) is 19.3 Å². The van der Waals surface area contributed by atoms with E-state index in [1.807, 2.05) is 0 Å². The van der Waals surface area contributed by atoms with Crippen molar-refractivity contribution in [3.05, 3.63) is 41.9 Å². The summed E-state index contributed by atoms with van der Waals surface area (Å²) in [6.45, 7) is 0. The Morgan fingerprint density at radius 1 is 1.24 bits per heavy atom. The summed E-state index contributed by atoms with van der Waals surface area (Å²) >= 11 is 0. The van der Waals surface area contributed by atoms with Crippen molar-refractivity contribution in [3.8, 4) is 11.3 Å². The molecule has 0 aliphatic heterocycles. The minimum Gasteiger partial charge on any atom is -0.344 e. The van der Waals surface area contributed by atoms with Crippen LogP contribution in [-0.4, -0.2) is 9.97 Å². The van der Waals surface area contributed by atoms with Gasteiger partial charge in [0.05, 0.1) is 23.3 Å². The summed E-state index contributed by atoms with van der Waals surface area (Å²) in [6, 6.07) is 3.89. The van der Waals surface area contributed by atoms with Crippen LogP contribution in [0.2, 0.25) is 0 Å². The van der Waals surface area contributed by atoms with E-state index in [0.29, 0.717) is 11.6 Å². The molecule has 1 aromatic carbocycles. The Bertz CT molecular complexity index is 524. The topological polar surface area (TPSA) is 28.7 Å². The van der Waals surface area contributed by atoms with Crippen LogP contribution in [0.5, 0.6) is 0 Å². The van der Waals surface area contributed by atoms with E-state index >= 15 is 0 Å². The number of hydrogen-bond donors (Lipinski definition) is 1. The number of H-pyrrole nitrogens is 1. The van der Waals surface area contributed by atoms with Gasteiger partial charge in [-0.1, -0.05) is 6.07 Å². The summed E-state index contributed by atoms with van der Waals surface area (Å²) in [4.78, 5) is 7.01. The van der Waals surface area contributed by atoms with E-state index in [1.54, 1.807) is 0 Å². The van der Waals surface area contributed by atoms with Crippen LogP contribution in [0.3, 0.4) is 0 Å². The average Bonchev–Trinajstić information content (AvgIpc) is 2.99. The van der Waals surface area contributed by atoms with Gasteiger partial charge in [0, 0.05) is 0 Å². The minimum absolute atomic E-state index is 0.000602. The van der Waals surface area contributed by atoms with Gasteiger partial charge < -0.3 is 4.98 Å². The molecule has 4 heteroatoms. The zero-order valence-corrected chi connectivity index (χ0v) is 9.21. The van der Waals surface area contributed by atoms with Gasteiger partial charge in [0.15, 0.2) is 0 Å². The van der Waals surface area contributed by atoms with Crippen LogP contribution in [0.25, 0.3) is 11.3 Å². The monoisotopic (exact) mass is 234 g/mol. The van der Waals surface area contributed by atoms with E-state index in [2.05, 4.69) is 9.97 Å². The van der Waals surface area contributed by atoms with Crippen molar-refractivity contribution in [3.63, 3.8) is 0 Å². The number of rotatable bonds is 3. The summed E-state index contributed by atoms with van der Waals surface area (Å²) in [5.41, 5.74) is 1.24. The van der Waals surface area contributed by atoms with Gasteiger partial charge in [0.2, 0.25) is 0 Å². The fourth-order valence-electron chi connectivity index (χ4n) is 2.03. The molecule has 1 aromatic heterocycles. The van der Waals surface area contributed by atoms with Crippen LogP contribution >= 0.6 is 0 Å². The zero-order chi connectivity index (χ0) is 11.8. The van der Waals surface area contributed by atoms with Gasteiger partial charge in [-0.05, 0) is 37.3 Å². The molecule has 0 saturated heterocycles. The van der Waals surface area contributed by atoms with Gasteiger partial charge in [-0.25, -0.2) is 13.8 Å². The molecule has 0 atom stereocenters. The van der Waals surface area contributed by atoms with Gasteiger partial charge >= 0.3 is 0 Å². The van der Waals surface area contributed by atoms with Crippen LogP contribution in [-0.2, 0) is 6.42 Å². The maximum atomic E-state index is 13.7. The summed E-state index contributed by atoms with van der Waals surface area (Å²) < 4.78 is 27.3. The molecule has 3 rings (SSSR count). The van der Waals surface area contributed by atoms with E-state index in [4.69, 9.17) is 0 Å². The first-order chi connectivity index (χ1) is 8.25. The molecule has 1 N–H and O–H groups in total. The number of aromatic nitrogens is 2. The fourth-order valence-corrected chi connectivity index (χ4v) is 2.03. The van der Waals surface area contributed by atoms with Crippen LogP contribution in [0.1, 0.15) is 18.5 Å². The highest BCUT2D eigenvalue weighted by Gasteiger charge is 2.25. The molecular formula is C13H12F2N2. The first kappa shape index (κ1) is 10.4. The molecular weight excluding hydrogens is 222 g/mol. The minimum atomic E-state index is -0.550. The van der Waals surface area contributed by atoms with E-state index < -0.39 is 11.6 Å². The molecule has 0 bridgehead atoms. The van der Waals surface area contributed by atoms with Gasteiger partial charge in [0.25, 0.3) is 0 Å². The van der Waals surface area contributed by atoms with Crippen LogP contribution in [0.15, 0.2) is 24.5 Å². The van der Waals surface area contributed by atoms with E-state index in [9.17, 15) is 8.78 Å². The SMILES string of the molecule is Fc1cccc(F)c1-c1[nH]cnc1CC1CC1. The van der Waals surface area contributed by atoms with E-state index in [1.165, 1.54) is 37.4 Å². The zero-order valence-electron chi connectivity index (χ0n) is 9.21. The molecule has 0 unspecified atom stereocenters. The Morgan fingerprint density at radius 2 is 1.94 bits per heavy atom. The number of benzene rings is 1.